The second-order valence-corrected chi connectivity index (χ2v) is 5.74. The predicted octanol–water partition coefficient (Wildman–Crippen LogP) is 3.55. The van der Waals surface area contributed by atoms with E-state index in [1.54, 1.807) is 6.20 Å². The van der Waals surface area contributed by atoms with E-state index in [0.717, 1.165) is 28.1 Å². The van der Waals surface area contributed by atoms with Crippen molar-refractivity contribution < 1.29 is 0 Å². The van der Waals surface area contributed by atoms with Gasteiger partial charge in [0, 0.05) is 17.3 Å². The number of aromatic nitrogens is 4. The summed E-state index contributed by atoms with van der Waals surface area (Å²) in [6, 6.07) is 10.3. The molecule has 0 bridgehead atoms. The lowest BCUT2D eigenvalue weighted by Gasteiger charge is -2.09. The Bertz CT molecular complexity index is 804. The fraction of sp³-hybridized carbons (Fsp3) is 0.235. The van der Waals surface area contributed by atoms with Crippen molar-refractivity contribution in [3.05, 3.63) is 47.8 Å². The smallest absolute Gasteiger partial charge is 0.132 e. The van der Waals surface area contributed by atoms with Gasteiger partial charge in [-0.3, -0.25) is 0 Å². The van der Waals surface area contributed by atoms with Gasteiger partial charge in [0.05, 0.1) is 5.69 Å². The summed E-state index contributed by atoms with van der Waals surface area (Å²) in [4.78, 5) is 4.34. The SMILES string of the molecule is Cc1cccc(-c2cnc(N)c(-c3n[nH]nc3C(C)C)c2)c1. The van der Waals surface area contributed by atoms with Gasteiger partial charge < -0.3 is 5.73 Å². The summed E-state index contributed by atoms with van der Waals surface area (Å²) in [5.74, 6) is 0.725. The van der Waals surface area contributed by atoms with E-state index in [0.29, 0.717) is 5.82 Å². The topological polar surface area (TPSA) is 80.5 Å². The molecule has 0 amide bonds. The van der Waals surface area contributed by atoms with Crippen LogP contribution >= 0.6 is 0 Å². The molecule has 0 fully saturated rings. The summed E-state index contributed by atoms with van der Waals surface area (Å²) in [7, 11) is 0. The highest BCUT2D eigenvalue weighted by Gasteiger charge is 2.17. The number of pyridine rings is 1. The number of nitrogen functional groups attached to an aromatic ring is 1. The molecule has 1 aromatic carbocycles. The summed E-state index contributed by atoms with van der Waals surface area (Å²) >= 11 is 0. The van der Waals surface area contributed by atoms with Gasteiger partial charge in [0.25, 0.3) is 0 Å². The van der Waals surface area contributed by atoms with Gasteiger partial charge in [0.2, 0.25) is 0 Å². The van der Waals surface area contributed by atoms with Gasteiger partial charge in [-0.2, -0.15) is 15.4 Å². The molecule has 0 aliphatic heterocycles. The quantitative estimate of drug-likeness (QED) is 0.774. The zero-order valence-corrected chi connectivity index (χ0v) is 13.0. The first kappa shape index (κ1) is 14.3. The van der Waals surface area contributed by atoms with Gasteiger partial charge in [-0.1, -0.05) is 43.7 Å². The molecule has 0 unspecified atom stereocenters. The Labute approximate surface area is 129 Å². The largest absolute Gasteiger partial charge is 0.383 e. The number of nitrogens with two attached hydrogens (primary N) is 1. The molecule has 3 aromatic rings. The monoisotopic (exact) mass is 293 g/mol. The van der Waals surface area contributed by atoms with Crippen LogP contribution in [-0.4, -0.2) is 20.4 Å². The van der Waals surface area contributed by atoms with Gasteiger partial charge in [0.15, 0.2) is 0 Å². The Hall–Kier alpha value is -2.69. The van der Waals surface area contributed by atoms with E-state index in [4.69, 9.17) is 5.73 Å². The van der Waals surface area contributed by atoms with Crippen molar-refractivity contribution in [2.75, 3.05) is 5.73 Å². The normalized spacial score (nSPS) is 11.1. The molecular formula is C17H19N5. The van der Waals surface area contributed by atoms with Gasteiger partial charge in [-0.15, -0.1) is 0 Å². The molecule has 0 aliphatic rings. The number of anilines is 1. The summed E-state index contributed by atoms with van der Waals surface area (Å²) < 4.78 is 0. The third-order valence-corrected chi connectivity index (χ3v) is 3.65. The third-order valence-electron chi connectivity index (χ3n) is 3.65. The van der Waals surface area contributed by atoms with E-state index in [1.165, 1.54) is 5.56 Å². The maximum Gasteiger partial charge on any atom is 0.132 e. The lowest BCUT2D eigenvalue weighted by Crippen LogP contribution is -1.98. The zero-order chi connectivity index (χ0) is 15.7. The minimum absolute atomic E-state index is 0.260. The maximum atomic E-state index is 6.06. The molecular weight excluding hydrogens is 274 g/mol. The molecule has 0 spiro atoms. The Morgan fingerprint density at radius 1 is 1.09 bits per heavy atom. The van der Waals surface area contributed by atoms with Crippen LogP contribution in [0.1, 0.15) is 31.0 Å². The summed E-state index contributed by atoms with van der Waals surface area (Å²) in [5.41, 5.74) is 11.9. The van der Waals surface area contributed by atoms with Crippen LogP contribution in [0.25, 0.3) is 22.4 Å². The highest BCUT2D eigenvalue weighted by atomic mass is 15.3. The third kappa shape index (κ3) is 2.57. The lowest BCUT2D eigenvalue weighted by atomic mass is 9.99. The Kier molecular flexibility index (Phi) is 3.63. The van der Waals surface area contributed by atoms with E-state index in [9.17, 15) is 0 Å². The van der Waals surface area contributed by atoms with E-state index in [1.807, 2.05) is 12.1 Å². The second-order valence-electron chi connectivity index (χ2n) is 5.74. The predicted molar refractivity (Wildman–Crippen MR) is 88.3 cm³/mol. The summed E-state index contributed by atoms with van der Waals surface area (Å²) in [6.45, 7) is 6.23. The molecule has 112 valence electrons. The number of nitrogens with one attached hydrogen (secondary N) is 1. The molecule has 2 heterocycles. The van der Waals surface area contributed by atoms with Crippen LogP contribution in [0.5, 0.6) is 0 Å². The summed E-state index contributed by atoms with van der Waals surface area (Å²) in [6.07, 6.45) is 1.79. The molecule has 0 saturated carbocycles. The van der Waals surface area contributed by atoms with Crippen LogP contribution < -0.4 is 5.73 Å². The van der Waals surface area contributed by atoms with Crippen LogP contribution in [0.4, 0.5) is 5.82 Å². The number of aromatic amines is 1. The number of nitrogens with zero attached hydrogens (tertiary/aromatic N) is 3. The van der Waals surface area contributed by atoms with Crippen molar-refractivity contribution in [1.29, 1.82) is 0 Å². The molecule has 5 nitrogen and oxygen atoms in total. The maximum absolute atomic E-state index is 6.06. The first-order valence-corrected chi connectivity index (χ1v) is 7.30. The molecule has 22 heavy (non-hydrogen) atoms. The van der Waals surface area contributed by atoms with Gasteiger partial charge in [-0.05, 0) is 24.5 Å². The first-order chi connectivity index (χ1) is 10.6. The van der Waals surface area contributed by atoms with Gasteiger partial charge >= 0.3 is 0 Å². The van der Waals surface area contributed by atoms with Gasteiger partial charge in [-0.25, -0.2) is 4.98 Å². The number of benzene rings is 1. The summed E-state index contributed by atoms with van der Waals surface area (Å²) in [5, 5.41) is 11.2. The van der Waals surface area contributed by atoms with Crippen LogP contribution in [-0.2, 0) is 0 Å². The molecule has 2 aromatic heterocycles. The van der Waals surface area contributed by atoms with Crippen LogP contribution in [0.15, 0.2) is 36.5 Å². The van der Waals surface area contributed by atoms with Crippen molar-refractivity contribution >= 4 is 5.82 Å². The van der Waals surface area contributed by atoms with Crippen molar-refractivity contribution in [2.45, 2.75) is 26.7 Å². The highest BCUT2D eigenvalue weighted by molar-refractivity contribution is 5.78. The molecule has 0 radical (unpaired) electrons. The fourth-order valence-electron chi connectivity index (χ4n) is 2.49. The van der Waals surface area contributed by atoms with Crippen molar-refractivity contribution in [3.8, 4) is 22.4 Å². The van der Waals surface area contributed by atoms with Crippen LogP contribution in [0, 0.1) is 6.92 Å². The number of H-pyrrole nitrogens is 1. The van der Waals surface area contributed by atoms with Crippen LogP contribution in [0.3, 0.4) is 0 Å². The number of hydrogen-bond donors (Lipinski definition) is 2. The Balaban J connectivity index is 2.13. The molecule has 3 N–H and O–H groups in total. The van der Waals surface area contributed by atoms with Crippen molar-refractivity contribution in [2.24, 2.45) is 0 Å². The van der Waals surface area contributed by atoms with Crippen molar-refractivity contribution in [3.63, 3.8) is 0 Å². The average Bonchev–Trinajstić information content (AvgIpc) is 2.97. The molecule has 5 heteroatoms. The van der Waals surface area contributed by atoms with Gasteiger partial charge in [0.1, 0.15) is 11.5 Å². The highest BCUT2D eigenvalue weighted by Crippen LogP contribution is 2.32. The molecule has 0 saturated heterocycles. The van der Waals surface area contributed by atoms with E-state index in [-0.39, 0.29) is 5.92 Å². The minimum Gasteiger partial charge on any atom is -0.383 e. The molecule has 3 rings (SSSR count). The Morgan fingerprint density at radius 2 is 1.91 bits per heavy atom. The minimum atomic E-state index is 0.260. The van der Waals surface area contributed by atoms with E-state index in [2.05, 4.69) is 59.4 Å². The molecule has 0 aliphatic carbocycles. The number of aryl methyl sites for hydroxylation is 1. The fourth-order valence-corrected chi connectivity index (χ4v) is 2.49. The average molecular weight is 293 g/mol. The van der Waals surface area contributed by atoms with E-state index >= 15 is 0 Å². The first-order valence-electron chi connectivity index (χ1n) is 7.30. The van der Waals surface area contributed by atoms with Crippen molar-refractivity contribution in [1.82, 2.24) is 20.4 Å². The number of hydrogen-bond acceptors (Lipinski definition) is 4. The van der Waals surface area contributed by atoms with E-state index < -0.39 is 0 Å². The lowest BCUT2D eigenvalue weighted by molar-refractivity contribution is 0.805. The Morgan fingerprint density at radius 3 is 2.64 bits per heavy atom. The second kappa shape index (κ2) is 5.60. The number of rotatable bonds is 3. The zero-order valence-electron chi connectivity index (χ0n) is 13.0. The standard InChI is InChI=1S/C17H19N5/c1-10(2)15-16(21-22-20-15)14-8-13(9-19-17(14)18)12-6-4-5-11(3)7-12/h4-10H,1-3H3,(H2,18,19)(H,20,21,22). The molecule has 0 atom stereocenters. The van der Waals surface area contributed by atoms with Crippen LogP contribution in [0.2, 0.25) is 0 Å².